The van der Waals surface area contributed by atoms with Crippen molar-refractivity contribution in [3.8, 4) is 0 Å². The summed E-state index contributed by atoms with van der Waals surface area (Å²) in [6.45, 7) is -0.252. The molecule has 0 saturated carbocycles. The Morgan fingerprint density at radius 2 is 1.84 bits per heavy atom. The second-order valence-electron chi connectivity index (χ2n) is 3.68. The van der Waals surface area contributed by atoms with Crippen LogP contribution in [0.1, 0.15) is 11.1 Å². The van der Waals surface area contributed by atoms with Crippen molar-refractivity contribution in [2.45, 2.75) is 19.0 Å². The van der Waals surface area contributed by atoms with E-state index in [1.54, 1.807) is 0 Å². The highest BCUT2D eigenvalue weighted by molar-refractivity contribution is 5.79. The summed E-state index contributed by atoms with van der Waals surface area (Å²) in [5, 5.41) is 2.32. The maximum atomic E-state index is 12.7. The molecular formula is C12H14F3NO3. The summed E-state index contributed by atoms with van der Waals surface area (Å²) in [6.07, 6.45) is -5.60. The molecule has 0 atom stereocenters. The van der Waals surface area contributed by atoms with Crippen molar-refractivity contribution in [3.63, 3.8) is 0 Å². The predicted octanol–water partition coefficient (Wildman–Crippen LogP) is 1.94. The van der Waals surface area contributed by atoms with Gasteiger partial charge in [-0.3, -0.25) is 4.79 Å². The molecule has 7 heteroatoms. The molecule has 0 aliphatic rings. The van der Waals surface area contributed by atoms with Gasteiger partial charge in [0.2, 0.25) is 6.29 Å². The van der Waals surface area contributed by atoms with Gasteiger partial charge >= 0.3 is 6.18 Å². The molecule has 0 bridgehead atoms. The zero-order chi connectivity index (χ0) is 14.5. The molecule has 0 aliphatic carbocycles. The summed E-state index contributed by atoms with van der Waals surface area (Å²) in [7, 11) is 2.52. The molecule has 0 fully saturated rings. The predicted molar refractivity (Wildman–Crippen MR) is 61.1 cm³/mol. The van der Waals surface area contributed by atoms with Gasteiger partial charge in [-0.05, 0) is 11.6 Å². The summed E-state index contributed by atoms with van der Waals surface area (Å²) < 4.78 is 47.5. The molecule has 1 aromatic carbocycles. The van der Waals surface area contributed by atoms with E-state index in [1.807, 2.05) is 0 Å². The number of ether oxygens (including phenoxy) is 2. The monoisotopic (exact) mass is 277 g/mol. The first-order chi connectivity index (χ1) is 8.90. The van der Waals surface area contributed by atoms with Gasteiger partial charge in [-0.25, -0.2) is 0 Å². The summed E-state index contributed by atoms with van der Waals surface area (Å²) in [6, 6.07) is 5.03. The molecule has 0 radical (unpaired) electrons. The molecule has 0 heterocycles. The lowest BCUT2D eigenvalue weighted by Gasteiger charge is -2.16. The number of hydrogen-bond acceptors (Lipinski definition) is 3. The van der Waals surface area contributed by atoms with Crippen LogP contribution in [0.5, 0.6) is 0 Å². The lowest BCUT2D eigenvalue weighted by atomic mass is 10.1. The van der Waals surface area contributed by atoms with Gasteiger partial charge in [-0.1, -0.05) is 18.2 Å². The second kappa shape index (κ2) is 6.53. The van der Waals surface area contributed by atoms with Crippen LogP contribution in [0.2, 0.25) is 0 Å². The number of carbonyl (C=O) groups excluding carboxylic acids is 1. The van der Waals surface area contributed by atoms with Crippen molar-refractivity contribution in [3.05, 3.63) is 35.4 Å². The Hall–Kier alpha value is -1.60. The Morgan fingerprint density at radius 3 is 2.37 bits per heavy atom. The lowest BCUT2D eigenvalue weighted by molar-refractivity contribution is -0.159. The lowest BCUT2D eigenvalue weighted by Crippen LogP contribution is -2.36. The average molecular weight is 277 g/mol. The van der Waals surface area contributed by atoms with Crippen LogP contribution in [0, 0.1) is 0 Å². The zero-order valence-corrected chi connectivity index (χ0v) is 10.5. The first-order valence-electron chi connectivity index (χ1n) is 5.38. The smallest absolute Gasteiger partial charge is 0.348 e. The molecule has 106 valence electrons. The standard InChI is InChI=1S/C12H14F3NO3/c1-18-11(19-2)10(17)16-7-8-5-3-4-6-9(8)12(13,14)15/h3-6,11H,7H2,1-2H3,(H,16,17). The van der Waals surface area contributed by atoms with Crippen LogP contribution >= 0.6 is 0 Å². The minimum absolute atomic E-state index is 0.0192. The fraction of sp³-hybridized carbons (Fsp3) is 0.417. The van der Waals surface area contributed by atoms with Crippen molar-refractivity contribution in [2.24, 2.45) is 0 Å². The van der Waals surface area contributed by atoms with Crippen LogP contribution in [0.3, 0.4) is 0 Å². The highest BCUT2D eigenvalue weighted by atomic mass is 19.4. The number of amides is 1. The van der Waals surface area contributed by atoms with Gasteiger partial charge < -0.3 is 14.8 Å². The van der Waals surface area contributed by atoms with Crippen LogP contribution in [-0.2, 0) is 27.0 Å². The van der Waals surface area contributed by atoms with E-state index in [1.165, 1.54) is 32.4 Å². The molecule has 0 aromatic heterocycles. The second-order valence-corrected chi connectivity index (χ2v) is 3.68. The van der Waals surface area contributed by atoms with Gasteiger partial charge in [-0.15, -0.1) is 0 Å². The highest BCUT2D eigenvalue weighted by Gasteiger charge is 2.33. The fourth-order valence-corrected chi connectivity index (χ4v) is 1.53. The molecule has 0 unspecified atom stereocenters. The zero-order valence-electron chi connectivity index (χ0n) is 10.5. The molecular weight excluding hydrogens is 263 g/mol. The molecule has 0 saturated heterocycles. The molecule has 1 N–H and O–H groups in total. The molecule has 19 heavy (non-hydrogen) atoms. The molecule has 1 aromatic rings. The van der Waals surface area contributed by atoms with Crippen LogP contribution in [0.25, 0.3) is 0 Å². The van der Waals surface area contributed by atoms with E-state index in [-0.39, 0.29) is 12.1 Å². The van der Waals surface area contributed by atoms with Gasteiger partial charge in [0, 0.05) is 20.8 Å². The number of alkyl halides is 3. The van der Waals surface area contributed by atoms with Crippen molar-refractivity contribution in [2.75, 3.05) is 14.2 Å². The summed E-state index contributed by atoms with van der Waals surface area (Å²) in [5.74, 6) is -0.637. The van der Waals surface area contributed by atoms with E-state index >= 15 is 0 Å². The van der Waals surface area contributed by atoms with Crippen molar-refractivity contribution < 1.29 is 27.4 Å². The minimum atomic E-state index is -4.46. The SMILES string of the molecule is COC(OC)C(=O)NCc1ccccc1C(F)(F)F. The Labute approximate surface area is 108 Å². The van der Waals surface area contributed by atoms with Crippen LogP contribution in [0.4, 0.5) is 13.2 Å². The van der Waals surface area contributed by atoms with E-state index in [2.05, 4.69) is 5.32 Å². The third-order valence-electron chi connectivity index (χ3n) is 2.42. The average Bonchev–Trinajstić information content (AvgIpc) is 2.37. The van der Waals surface area contributed by atoms with Gasteiger partial charge in [-0.2, -0.15) is 13.2 Å². The van der Waals surface area contributed by atoms with Gasteiger partial charge in [0.25, 0.3) is 5.91 Å². The number of methoxy groups -OCH3 is 2. The normalized spacial score (nSPS) is 11.7. The number of rotatable bonds is 5. The summed E-state index contributed by atoms with van der Waals surface area (Å²) >= 11 is 0. The van der Waals surface area contributed by atoms with Crippen molar-refractivity contribution in [1.82, 2.24) is 5.32 Å². The Bertz CT molecular complexity index is 430. The van der Waals surface area contributed by atoms with Crippen LogP contribution in [-0.4, -0.2) is 26.4 Å². The Morgan fingerprint density at radius 1 is 1.26 bits per heavy atom. The number of nitrogens with one attached hydrogen (secondary N) is 1. The van der Waals surface area contributed by atoms with E-state index in [9.17, 15) is 18.0 Å². The maximum Gasteiger partial charge on any atom is 0.416 e. The first kappa shape index (κ1) is 15.5. The van der Waals surface area contributed by atoms with Crippen LogP contribution < -0.4 is 5.32 Å². The van der Waals surface area contributed by atoms with Gasteiger partial charge in [0.1, 0.15) is 0 Å². The summed E-state index contributed by atoms with van der Waals surface area (Å²) in [4.78, 5) is 11.5. The topological polar surface area (TPSA) is 47.6 Å². The third-order valence-corrected chi connectivity index (χ3v) is 2.42. The molecule has 4 nitrogen and oxygen atoms in total. The van der Waals surface area contributed by atoms with Gasteiger partial charge in [0.05, 0.1) is 5.56 Å². The number of carbonyl (C=O) groups is 1. The van der Waals surface area contributed by atoms with Gasteiger partial charge in [0.15, 0.2) is 0 Å². The van der Waals surface area contributed by atoms with E-state index in [0.29, 0.717) is 0 Å². The largest absolute Gasteiger partial charge is 0.416 e. The Balaban J connectivity index is 2.76. The maximum absolute atomic E-state index is 12.7. The van der Waals surface area contributed by atoms with Crippen molar-refractivity contribution in [1.29, 1.82) is 0 Å². The van der Waals surface area contributed by atoms with E-state index < -0.39 is 23.9 Å². The first-order valence-corrected chi connectivity index (χ1v) is 5.38. The van der Waals surface area contributed by atoms with Crippen molar-refractivity contribution >= 4 is 5.91 Å². The van der Waals surface area contributed by atoms with E-state index in [4.69, 9.17) is 9.47 Å². The fourth-order valence-electron chi connectivity index (χ4n) is 1.53. The highest BCUT2D eigenvalue weighted by Crippen LogP contribution is 2.31. The Kier molecular flexibility index (Phi) is 5.31. The number of halogens is 3. The molecule has 1 rings (SSSR count). The van der Waals surface area contributed by atoms with Crippen LogP contribution in [0.15, 0.2) is 24.3 Å². The third kappa shape index (κ3) is 4.22. The number of benzene rings is 1. The minimum Gasteiger partial charge on any atom is -0.348 e. The molecule has 0 spiro atoms. The quantitative estimate of drug-likeness (QED) is 0.837. The van der Waals surface area contributed by atoms with E-state index in [0.717, 1.165) is 6.07 Å². The molecule has 1 amide bonds. The number of hydrogen-bond donors (Lipinski definition) is 1. The summed E-state index contributed by atoms with van der Waals surface area (Å²) in [5.41, 5.74) is -0.795. The molecule has 0 aliphatic heterocycles.